The largest absolute Gasteiger partial charge is 0.462 e. The van der Waals surface area contributed by atoms with Crippen molar-refractivity contribution in [3.05, 3.63) is 34.4 Å². The van der Waals surface area contributed by atoms with E-state index in [1.54, 1.807) is 37.6 Å². The zero-order valence-electron chi connectivity index (χ0n) is 16.4. The monoisotopic (exact) mass is 449 g/mol. The van der Waals surface area contributed by atoms with Crippen LogP contribution in [-0.4, -0.2) is 44.9 Å². The minimum atomic E-state index is -0.678. The molecule has 0 aromatic carbocycles. The van der Waals surface area contributed by atoms with Crippen molar-refractivity contribution in [2.45, 2.75) is 19.0 Å². The van der Waals surface area contributed by atoms with Crippen LogP contribution in [0.15, 0.2) is 28.0 Å². The van der Waals surface area contributed by atoms with Crippen LogP contribution in [0.4, 0.5) is 5.00 Å². The van der Waals surface area contributed by atoms with Crippen LogP contribution in [0.1, 0.15) is 32.5 Å². The van der Waals surface area contributed by atoms with Crippen molar-refractivity contribution in [2.24, 2.45) is 12.8 Å². The van der Waals surface area contributed by atoms with Crippen LogP contribution in [-0.2, 0) is 16.6 Å². The Labute approximate surface area is 179 Å². The average molecular weight is 450 g/mol. The van der Waals surface area contributed by atoms with Crippen molar-refractivity contribution >= 4 is 45.9 Å². The number of thiophene rings is 1. The molecule has 0 aliphatic carbocycles. The van der Waals surface area contributed by atoms with E-state index in [1.807, 2.05) is 0 Å². The predicted molar refractivity (Wildman–Crippen MR) is 112 cm³/mol. The van der Waals surface area contributed by atoms with E-state index in [1.165, 1.54) is 18.0 Å². The molecule has 0 saturated carbocycles. The van der Waals surface area contributed by atoms with E-state index in [0.29, 0.717) is 22.3 Å². The van der Waals surface area contributed by atoms with Gasteiger partial charge in [-0.15, -0.1) is 21.5 Å². The number of nitrogens with one attached hydrogen (secondary N) is 1. The number of esters is 1. The minimum absolute atomic E-state index is 0.00917. The van der Waals surface area contributed by atoms with Crippen molar-refractivity contribution in [1.29, 1.82) is 0 Å². The average Bonchev–Trinajstić information content (AvgIpc) is 3.40. The first kappa shape index (κ1) is 21.6. The molecule has 0 radical (unpaired) electrons. The van der Waals surface area contributed by atoms with E-state index in [9.17, 15) is 14.4 Å². The molecule has 0 aliphatic heterocycles. The molecule has 10 nitrogen and oxygen atoms in total. The number of ether oxygens (including phenoxy) is 1. The Hall–Kier alpha value is -3.12. The highest BCUT2D eigenvalue weighted by atomic mass is 32.2. The van der Waals surface area contributed by atoms with Gasteiger partial charge in [-0.25, -0.2) is 4.79 Å². The third-order valence-corrected chi connectivity index (χ3v) is 6.25. The number of thioether (sulfide) groups is 1. The minimum Gasteiger partial charge on any atom is -0.462 e. The van der Waals surface area contributed by atoms with E-state index < -0.39 is 11.9 Å². The summed E-state index contributed by atoms with van der Waals surface area (Å²) in [6.07, 6.45) is 1.54. The Bertz CT molecular complexity index is 1090. The molecule has 0 spiro atoms. The normalized spacial score (nSPS) is 10.8. The van der Waals surface area contributed by atoms with Gasteiger partial charge in [0.2, 0.25) is 5.91 Å². The van der Waals surface area contributed by atoms with Crippen LogP contribution in [0.3, 0.4) is 0 Å². The first-order valence-electron chi connectivity index (χ1n) is 8.79. The first-order chi connectivity index (χ1) is 14.3. The molecular weight excluding hydrogens is 430 g/mol. The van der Waals surface area contributed by atoms with Gasteiger partial charge >= 0.3 is 5.97 Å². The van der Waals surface area contributed by atoms with Crippen molar-refractivity contribution in [3.63, 3.8) is 0 Å². The van der Waals surface area contributed by atoms with Gasteiger partial charge < -0.3 is 24.8 Å². The number of amides is 2. The van der Waals surface area contributed by atoms with Crippen molar-refractivity contribution in [1.82, 2.24) is 14.8 Å². The zero-order chi connectivity index (χ0) is 21.8. The molecule has 3 N–H and O–H groups in total. The fourth-order valence-electron chi connectivity index (χ4n) is 2.64. The van der Waals surface area contributed by atoms with Gasteiger partial charge in [0.15, 0.2) is 16.7 Å². The fourth-order valence-corrected chi connectivity index (χ4v) is 4.41. The van der Waals surface area contributed by atoms with Crippen molar-refractivity contribution < 1.29 is 23.5 Å². The lowest BCUT2D eigenvalue weighted by Crippen LogP contribution is -2.17. The highest BCUT2D eigenvalue weighted by Crippen LogP contribution is 2.34. The van der Waals surface area contributed by atoms with Gasteiger partial charge in [0.25, 0.3) is 5.91 Å². The summed E-state index contributed by atoms with van der Waals surface area (Å²) in [5.74, 6) is -0.582. The molecule has 0 bridgehead atoms. The number of anilines is 1. The second-order valence-corrected chi connectivity index (χ2v) is 7.99. The molecular formula is C18H19N5O5S2. The Balaban J connectivity index is 1.73. The van der Waals surface area contributed by atoms with E-state index >= 15 is 0 Å². The van der Waals surface area contributed by atoms with Crippen LogP contribution in [0.25, 0.3) is 11.6 Å². The Morgan fingerprint density at radius 1 is 1.37 bits per heavy atom. The van der Waals surface area contributed by atoms with Crippen LogP contribution in [0, 0.1) is 6.92 Å². The second-order valence-electron chi connectivity index (χ2n) is 6.02. The van der Waals surface area contributed by atoms with Gasteiger partial charge in [-0.05, 0) is 31.5 Å². The Morgan fingerprint density at radius 2 is 2.13 bits per heavy atom. The maximum Gasteiger partial charge on any atom is 0.341 e. The van der Waals surface area contributed by atoms with Crippen molar-refractivity contribution in [3.8, 4) is 11.6 Å². The summed E-state index contributed by atoms with van der Waals surface area (Å²) in [5, 5.41) is 11.5. The zero-order valence-corrected chi connectivity index (χ0v) is 18.1. The van der Waals surface area contributed by atoms with Gasteiger partial charge in [0.1, 0.15) is 5.00 Å². The van der Waals surface area contributed by atoms with Crippen LogP contribution in [0.2, 0.25) is 0 Å². The summed E-state index contributed by atoms with van der Waals surface area (Å²) in [5.41, 5.74) is 5.88. The number of carbonyl (C=O) groups excluding carboxylic acids is 3. The second kappa shape index (κ2) is 9.13. The van der Waals surface area contributed by atoms with Crippen molar-refractivity contribution in [2.75, 3.05) is 17.7 Å². The molecule has 3 rings (SSSR count). The van der Waals surface area contributed by atoms with E-state index in [-0.39, 0.29) is 33.7 Å². The molecule has 0 aliphatic rings. The van der Waals surface area contributed by atoms with E-state index in [4.69, 9.17) is 14.9 Å². The summed E-state index contributed by atoms with van der Waals surface area (Å²) in [4.78, 5) is 36.6. The molecule has 158 valence electrons. The highest BCUT2D eigenvalue weighted by molar-refractivity contribution is 7.99. The van der Waals surface area contributed by atoms with Crippen LogP contribution in [0.5, 0.6) is 0 Å². The fraction of sp³-hybridized carbons (Fsp3) is 0.278. The van der Waals surface area contributed by atoms with Gasteiger partial charge in [0, 0.05) is 7.05 Å². The molecule has 3 aromatic rings. The number of carbonyl (C=O) groups is 3. The van der Waals surface area contributed by atoms with Crippen LogP contribution < -0.4 is 11.1 Å². The van der Waals surface area contributed by atoms with Crippen LogP contribution >= 0.6 is 23.1 Å². The maximum atomic E-state index is 12.5. The summed E-state index contributed by atoms with van der Waals surface area (Å²) in [6, 6.07) is 3.51. The summed E-state index contributed by atoms with van der Waals surface area (Å²) in [6.45, 7) is 3.41. The number of rotatable bonds is 8. The topological polar surface area (TPSA) is 142 Å². The number of aromatic nitrogens is 3. The summed E-state index contributed by atoms with van der Waals surface area (Å²) >= 11 is 2.11. The number of furan rings is 1. The third kappa shape index (κ3) is 4.39. The lowest BCUT2D eigenvalue weighted by Gasteiger charge is -2.07. The molecule has 0 saturated heterocycles. The lowest BCUT2D eigenvalue weighted by molar-refractivity contribution is -0.113. The Kier molecular flexibility index (Phi) is 6.57. The number of primary amides is 1. The van der Waals surface area contributed by atoms with E-state index in [2.05, 4.69) is 15.5 Å². The smallest absolute Gasteiger partial charge is 0.341 e. The van der Waals surface area contributed by atoms with Gasteiger partial charge in [-0.3, -0.25) is 9.59 Å². The molecule has 3 heterocycles. The molecule has 0 unspecified atom stereocenters. The third-order valence-electron chi connectivity index (χ3n) is 4.01. The predicted octanol–water partition coefficient (Wildman–Crippen LogP) is 2.45. The standard InChI is InChI=1S/C18H19N5O5S2/c1-4-27-17(26)12-9(2)13(14(19)25)30-16(12)20-11(24)8-29-18-22-21-15(23(18)3)10-6-5-7-28-10/h5-7H,4,8H2,1-3H3,(H2,19,25)(H,20,24). The molecule has 3 aromatic heterocycles. The molecule has 30 heavy (non-hydrogen) atoms. The molecule has 2 amide bonds. The highest BCUT2D eigenvalue weighted by Gasteiger charge is 2.26. The first-order valence-corrected chi connectivity index (χ1v) is 10.6. The summed E-state index contributed by atoms with van der Waals surface area (Å²) in [7, 11) is 1.76. The number of nitrogens with zero attached hydrogens (tertiary/aromatic N) is 3. The Morgan fingerprint density at radius 3 is 2.77 bits per heavy atom. The SMILES string of the molecule is CCOC(=O)c1c(NC(=O)CSc2nnc(-c3ccco3)n2C)sc(C(N)=O)c1C. The molecule has 0 fully saturated rings. The number of hydrogen-bond acceptors (Lipinski definition) is 9. The molecule has 12 heteroatoms. The van der Waals surface area contributed by atoms with Gasteiger partial charge in [0.05, 0.1) is 29.1 Å². The number of hydrogen-bond donors (Lipinski definition) is 2. The number of nitrogens with two attached hydrogens (primary N) is 1. The quantitative estimate of drug-likeness (QED) is 0.394. The van der Waals surface area contributed by atoms with Gasteiger partial charge in [-0.2, -0.15) is 0 Å². The van der Waals surface area contributed by atoms with E-state index in [0.717, 1.165) is 11.3 Å². The lowest BCUT2D eigenvalue weighted by atomic mass is 10.1. The van der Waals surface area contributed by atoms with Gasteiger partial charge in [-0.1, -0.05) is 11.8 Å². The molecule has 0 atom stereocenters. The summed E-state index contributed by atoms with van der Waals surface area (Å²) < 4.78 is 12.1. The maximum absolute atomic E-state index is 12.5.